The summed E-state index contributed by atoms with van der Waals surface area (Å²) in [6.45, 7) is 0. The number of carbonyl (C=O) groups is 2. The number of aromatic nitrogens is 4. The third kappa shape index (κ3) is 3.61. The van der Waals surface area contributed by atoms with Gasteiger partial charge in [-0.3, -0.25) is 9.59 Å². The number of aromatic amines is 1. The number of benzene rings is 2. The molecule has 2 aromatic carbocycles. The number of carbonyl (C=O) groups excluding carboxylic acids is 2. The van der Waals surface area contributed by atoms with Crippen LogP contribution in [-0.2, 0) is 16.8 Å². The van der Waals surface area contributed by atoms with Gasteiger partial charge in [-0.25, -0.2) is 15.0 Å². The zero-order chi connectivity index (χ0) is 21.1. The topological polar surface area (TPSA) is 153 Å². The third-order valence-electron chi connectivity index (χ3n) is 4.88. The molecule has 0 spiro atoms. The number of nitrogens with zero attached hydrogens (tertiary/aromatic N) is 3. The van der Waals surface area contributed by atoms with Crippen molar-refractivity contribution in [2.45, 2.75) is 12.0 Å². The van der Waals surface area contributed by atoms with Crippen LogP contribution in [0.5, 0.6) is 0 Å². The van der Waals surface area contributed by atoms with Gasteiger partial charge in [0.1, 0.15) is 17.4 Å². The van der Waals surface area contributed by atoms with E-state index < -0.39 is 11.4 Å². The largest absolute Gasteiger partial charge is 0.368 e. The van der Waals surface area contributed by atoms with Gasteiger partial charge >= 0.3 is 0 Å². The molecule has 9 heteroatoms. The number of primary amides is 1. The standard InChI is InChI=1S/C21H19N7O2/c22-20(30)21(23,10-13-4-2-1-3-5-13)15-8-6-14(7-9-15)19(29)28-18-16-17(25-11-24-16)26-12-27-18/h1-9,11-12H,10,23H2,(H2,22,30)(H2,24,25,26,27,28,29). The van der Waals surface area contributed by atoms with E-state index in [1.165, 1.54) is 12.7 Å². The minimum atomic E-state index is -1.40. The van der Waals surface area contributed by atoms with Gasteiger partial charge in [0, 0.05) is 12.0 Å². The quantitative estimate of drug-likeness (QED) is 0.384. The van der Waals surface area contributed by atoms with Crippen molar-refractivity contribution in [2.24, 2.45) is 11.5 Å². The zero-order valence-corrected chi connectivity index (χ0v) is 15.9. The summed E-state index contributed by atoms with van der Waals surface area (Å²) in [7, 11) is 0. The molecule has 0 bridgehead atoms. The van der Waals surface area contributed by atoms with E-state index in [2.05, 4.69) is 25.3 Å². The molecule has 0 aliphatic heterocycles. The van der Waals surface area contributed by atoms with Crippen LogP contribution in [0.15, 0.2) is 67.3 Å². The van der Waals surface area contributed by atoms with Gasteiger partial charge in [-0.05, 0) is 23.3 Å². The van der Waals surface area contributed by atoms with Crippen molar-refractivity contribution in [1.82, 2.24) is 19.9 Å². The summed E-state index contributed by atoms with van der Waals surface area (Å²) in [4.78, 5) is 39.8. The highest BCUT2D eigenvalue weighted by Crippen LogP contribution is 2.24. The van der Waals surface area contributed by atoms with Gasteiger partial charge in [-0.15, -0.1) is 0 Å². The van der Waals surface area contributed by atoms with Crippen LogP contribution in [0.1, 0.15) is 21.5 Å². The molecule has 2 aromatic heterocycles. The number of fused-ring (bicyclic) bond motifs is 1. The lowest BCUT2D eigenvalue weighted by Crippen LogP contribution is -2.50. The Balaban J connectivity index is 1.57. The number of anilines is 1. The Labute approximate surface area is 171 Å². The van der Waals surface area contributed by atoms with E-state index >= 15 is 0 Å². The fraction of sp³-hybridized carbons (Fsp3) is 0.0952. The van der Waals surface area contributed by atoms with Crippen LogP contribution in [0.3, 0.4) is 0 Å². The molecule has 0 fully saturated rings. The highest BCUT2D eigenvalue weighted by Gasteiger charge is 2.34. The summed E-state index contributed by atoms with van der Waals surface area (Å²) in [6.07, 6.45) is 3.04. The Bertz CT molecular complexity index is 1210. The number of nitrogens with two attached hydrogens (primary N) is 2. The SMILES string of the molecule is NC(=O)C(N)(Cc1ccccc1)c1ccc(C(=O)Nc2ncnc3nc[nH]c23)cc1. The fourth-order valence-electron chi connectivity index (χ4n) is 3.21. The lowest BCUT2D eigenvalue weighted by Gasteiger charge is -2.27. The first-order valence-corrected chi connectivity index (χ1v) is 9.16. The summed E-state index contributed by atoms with van der Waals surface area (Å²) in [6, 6.07) is 15.8. The molecular formula is C21H19N7O2. The first-order valence-electron chi connectivity index (χ1n) is 9.16. The Kier molecular flexibility index (Phi) is 4.95. The van der Waals surface area contributed by atoms with Crippen LogP contribution in [0.2, 0.25) is 0 Å². The van der Waals surface area contributed by atoms with Crippen LogP contribution in [0.4, 0.5) is 5.82 Å². The molecule has 1 atom stereocenters. The summed E-state index contributed by atoms with van der Waals surface area (Å²) in [5.41, 5.74) is 13.4. The molecule has 150 valence electrons. The molecule has 0 saturated carbocycles. The highest BCUT2D eigenvalue weighted by molar-refractivity contribution is 6.06. The molecule has 0 aliphatic rings. The van der Waals surface area contributed by atoms with E-state index in [-0.39, 0.29) is 12.3 Å². The fourth-order valence-corrected chi connectivity index (χ4v) is 3.21. The number of nitrogens with one attached hydrogen (secondary N) is 2. The van der Waals surface area contributed by atoms with E-state index in [9.17, 15) is 9.59 Å². The lowest BCUT2D eigenvalue weighted by molar-refractivity contribution is -0.123. The first kappa shape index (κ1) is 19.2. The molecule has 0 saturated heterocycles. The van der Waals surface area contributed by atoms with Crippen LogP contribution in [0, 0.1) is 0 Å². The Morgan fingerprint density at radius 3 is 2.43 bits per heavy atom. The number of H-pyrrole nitrogens is 1. The molecule has 2 heterocycles. The van der Waals surface area contributed by atoms with E-state index in [0.29, 0.717) is 28.1 Å². The van der Waals surface area contributed by atoms with E-state index in [4.69, 9.17) is 11.5 Å². The van der Waals surface area contributed by atoms with Crippen molar-refractivity contribution < 1.29 is 9.59 Å². The molecule has 0 aliphatic carbocycles. The van der Waals surface area contributed by atoms with Crippen molar-refractivity contribution in [3.63, 3.8) is 0 Å². The van der Waals surface area contributed by atoms with Gasteiger partial charge in [-0.1, -0.05) is 42.5 Å². The molecule has 6 N–H and O–H groups in total. The Morgan fingerprint density at radius 1 is 1.00 bits per heavy atom. The predicted molar refractivity (Wildman–Crippen MR) is 111 cm³/mol. The first-order chi connectivity index (χ1) is 14.5. The number of hydrogen-bond donors (Lipinski definition) is 4. The number of amides is 2. The average Bonchev–Trinajstić information content (AvgIpc) is 3.24. The van der Waals surface area contributed by atoms with E-state index in [1.807, 2.05) is 30.3 Å². The minimum Gasteiger partial charge on any atom is -0.368 e. The van der Waals surface area contributed by atoms with Crippen molar-refractivity contribution >= 4 is 28.8 Å². The molecule has 4 rings (SSSR count). The smallest absolute Gasteiger partial charge is 0.256 e. The van der Waals surface area contributed by atoms with Crippen LogP contribution >= 0.6 is 0 Å². The zero-order valence-electron chi connectivity index (χ0n) is 15.9. The maximum Gasteiger partial charge on any atom is 0.256 e. The number of rotatable bonds is 6. The third-order valence-corrected chi connectivity index (χ3v) is 4.88. The number of imidazole rings is 1. The molecule has 4 aromatic rings. The normalized spacial score (nSPS) is 13.0. The highest BCUT2D eigenvalue weighted by atomic mass is 16.2. The van der Waals surface area contributed by atoms with Crippen molar-refractivity contribution in [2.75, 3.05) is 5.32 Å². The molecule has 9 nitrogen and oxygen atoms in total. The van der Waals surface area contributed by atoms with Gasteiger partial charge in [0.05, 0.1) is 6.33 Å². The van der Waals surface area contributed by atoms with Crippen LogP contribution in [-0.4, -0.2) is 31.8 Å². The second-order valence-electron chi connectivity index (χ2n) is 6.85. The molecule has 2 amide bonds. The summed E-state index contributed by atoms with van der Waals surface area (Å²) < 4.78 is 0. The Hall–Kier alpha value is -4.11. The monoisotopic (exact) mass is 401 g/mol. The van der Waals surface area contributed by atoms with Crippen molar-refractivity contribution in [1.29, 1.82) is 0 Å². The van der Waals surface area contributed by atoms with Gasteiger partial charge in [0.15, 0.2) is 11.5 Å². The average molecular weight is 401 g/mol. The molecule has 30 heavy (non-hydrogen) atoms. The van der Waals surface area contributed by atoms with Gasteiger partial charge in [-0.2, -0.15) is 0 Å². The second-order valence-corrected chi connectivity index (χ2v) is 6.85. The van der Waals surface area contributed by atoms with E-state index in [0.717, 1.165) is 5.56 Å². The van der Waals surface area contributed by atoms with Gasteiger partial charge in [0.2, 0.25) is 5.91 Å². The Morgan fingerprint density at radius 2 is 1.73 bits per heavy atom. The van der Waals surface area contributed by atoms with Crippen LogP contribution in [0.25, 0.3) is 11.2 Å². The van der Waals surface area contributed by atoms with Gasteiger partial charge in [0.25, 0.3) is 5.91 Å². The molecule has 1 unspecified atom stereocenters. The summed E-state index contributed by atoms with van der Waals surface area (Å²) in [5.74, 6) is -0.701. The predicted octanol–water partition coefficient (Wildman–Crippen LogP) is 1.49. The summed E-state index contributed by atoms with van der Waals surface area (Å²) in [5, 5.41) is 2.72. The van der Waals surface area contributed by atoms with E-state index in [1.54, 1.807) is 24.3 Å². The molecule has 0 radical (unpaired) electrons. The lowest BCUT2D eigenvalue weighted by atomic mass is 9.83. The van der Waals surface area contributed by atoms with Gasteiger partial charge < -0.3 is 21.8 Å². The molecular weight excluding hydrogens is 382 g/mol. The number of hydrogen-bond acceptors (Lipinski definition) is 6. The second kappa shape index (κ2) is 7.72. The summed E-state index contributed by atoms with van der Waals surface area (Å²) >= 11 is 0. The minimum absolute atomic E-state index is 0.244. The van der Waals surface area contributed by atoms with Crippen LogP contribution < -0.4 is 16.8 Å². The van der Waals surface area contributed by atoms with Crippen molar-refractivity contribution in [3.05, 3.63) is 83.9 Å². The maximum atomic E-state index is 12.6. The maximum absolute atomic E-state index is 12.6. The van der Waals surface area contributed by atoms with Crippen molar-refractivity contribution in [3.8, 4) is 0 Å².